The molecule has 0 atom stereocenters. The van der Waals surface area contributed by atoms with Crippen LogP contribution in [0, 0.1) is 0 Å². The van der Waals surface area contributed by atoms with E-state index in [4.69, 9.17) is 9.40 Å². The number of hydrogen-bond donors (Lipinski definition) is 0. The number of nitrogens with zero attached hydrogens (tertiary/aromatic N) is 4. The number of benzene rings is 5. The zero-order chi connectivity index (χ0) is 30.2. The highest BCUT2D eigenvalue weighted by Crippen LogP contribution is 2.47. The highest BCUT2D eigenvalue weighted by molar-refractivity contribution is 6.37. The van der Waals surface area contributed by atoms with Crippen LogP contribution in [0.4, 0.5) is 0 Å². The van der Waals surface area contributed by atoms with Crippen LogP contribution in [0.5, 0.6) is 0 Å². The molecule has 0 unspecified atom stereocenters. The molecule has 5 aromatic carbocycles. The summed E-state index contributed by atoms with van der Waals surface area (Å²) in [5.74, 6) is 0.835. The van der Waals surface area contributed by atoms with Crippen molar-refractivity contribution < 1.29 is 4.42 Å². The van der Waals surface area contributed by atoms with Crippen LogP contribution in [0.25, 0.3) is 93.5 Å². The molecule has 0 amide bonds. The second kappa shape index (κ2) is 9.58. The molecule has 10 aromatic rings. The van der Waals surface area contributed by atoms with Gasteiger partial charge in [0.1, 0.15) is 17.0 Å². The van der Waals surface area contributed by atoms with Gasteiger partial charge in [0.25, 0.3) is 0 Å². The van der Waals surface area contributed by atoms with Crippen molar-refractivity contribution in [1.29, 1.82) is 0 Å². The molecule has 0 saturated heterocycles. The van der Waals surface area contributed by atoms with Gasteiger partial charge in [0.05, 0.1) is 16.7 Å². The summed E-state index contributed by atoms with van der Waals surface area (Å²) in [7, 11) is 0. The summed E-state index contributed by atoms with van der Waals surface area (Å²) in [5.41, 5.74) is 7.96. The van der Waals surface area contributed by atoms with Gasteiger partial charge in [-0.1, -0.05) is 72.8 Å². The fourth-order valence-corrected chi connectivity index (χ4v) is 7.14. The molecular formula is C41H24N4O. The van der Waals surface area contributed by atoms with E-state index in [-0.39, 0.29) is 0 Å². The average Bonchev–Trinajstić information content (AvgIpc) is 3.69. The Morgan fingerprint density at radius 2 is 1.28 bits per heavy atom. The van der Waals surface area contributed by atoms with Crippen LogP contribution >= 0.6 is 0 Å². The monoisotopic (exact) mass is 588 g/mol. The molecule has 0 fully saturated rings. The molecule has 0 radical (unpaired) electrons. The standard InChI is InChI=1S/C41H24N4O/c1-2-10-29-26(8-1)15-16-33-38-37-32-13-5-6-14-35(32)45(39(37)30-11-3-4-12-31(30)41(38)46-40(29)33)36-23-28(25-17-20-42-21-18-25)22-34(44-36)27-9-7-19-43-24-27/h1-24H. The molecule has 0 aliphatic heterocycles. The number of furan rings is 1. The van der Waals surface area contributed by atoms with Gasteiger partial charge < -0.3 is 4.42 Å². The van der Waals surface area contributed by atoms with Crippen molar-refractivity contribution in [3.63, 3.8) is 0 Å². The van der Waals surface area contributed by atoms with E-state index in [2.05, 4.69) is 118 Å². The smallest absolute Gasteiger partial charge is 0.144 e. The molecule has 0 aliphatic carbocycles. The number of rotatable bonds is 3. The molecule has 0 spiro atoms. The highest BCUT2D eigenvalue weighted by atomic mass is 16.3. The van der Waals surface area contributed by atoms with Crippen molar-refractivity contribution in [1.82, 2.24) is 19.5 Å². The lowest BCUT2D eigenvalue weighted by Crippen LogP contribution is -2.00. The second-order valence-corrected chi connectivity index (χ2v) is 11.7. The first-order valence-electron chi connectivity index (χ1n) is 15.3. The summed E-state index contributed by atoms with van der Waals surface area (Å²) >= 11 is 0. The minimum absolute atomic E-state index is 0.835. The van der Waals surface area contributed by atoms with Crippen molar-refractivity contribution >= 4 is 65.3 Å². The maximum atomic E-state index is 6.87. The fraction of sp³-hybridized carbons (Fsp3) is 0. The molecule has 214 valence electrons. The minimum atomic E-state index is 0.835. The predicted octanol–water partition coefficient (Wildman–Crippen LogP) is 10.5. The molecular weight excluding hydrogens is 564 g/mol. The highest BCUT2D eigenvalue weighted by Gasteiger charge is 2.24. The predicted molar refractivity (Wildman–Crippen MR) is 187 cm³/mol. The van der Waals surface area contributed by atoms with E-state index in [1.165, 1.54) is 0 Å². The summed E-state index contributed by atoms with van der Waals surface area (Å²) in [4.78, 5) is 14.0. The van der Waals surface area contributed by atoms with Crippen LogP contribution in [0.3, 0.4) is 0 Å². The third-order valence-electron chi connectivity index (χ3n) is 9.14. The van der Waals surface area contributed by atoms with Crippen LogP contribution in [-0.2, 0) is 0 Å². The third kappa shape index (κ3) is 3.54. The van der Waals surface area contributed by atoms with Gasteiger partial charge in [-0.05, 0) is 65.0 Å². The molecule has 5 nitrogen and oxygen atoms in total. The summed E-state index contributed by atoms with van der Waals surface area (Å²) in [6, 6.07) is 42.5. The summed E-state index contributed by atoms with van der Waals surface area (Å²) in [5, 5.41) is 9.03. The second-order valence-electron chi connectivity index (χ2n) is 11.7. The minimum Gasteiger partial charge on any atom is -0.455 e. The zero-order valence-corrected chi connectivity index (χ0v) is 24.6. The summed E-state index contributed by atoms with van der Waals surface area (Å²) in [6.45, 7) is 0. The number of hydrogen-bond acceptors (Lipinski definition) is 4. The Labute approximate surface area is 263 Å². The van der Waals surface area contributed by atoms with E-state index < -0.39 is 0 Å². The lowest BCUT2D eigenvalue weighted by molar-refractivity contribution is 0.676. The Balaban J connectivity index is 1.42. The van der Waals surface area contributed by atoms with Crippen LogP contribution in [-0.4, -0.2) is 19.5 Å². The number of para-hydroxylation sites is 1. The largest absolute Gasteiger partial charge is 0.455 e. The Morgan fingerprint density at radius 1 is 0.500 bits per heavy atom. The van der Waals surface area contributed by atoms with Gasteiger partial charge in [0.15, 0.2) is 0 Å². The van der Waals surface area contributed by atoms with Crippen molar-refractivity contribution in [2.75, 3.05) is 0 Å². The van der Waals surface area contributed by atoms with Crippen LogP contribution in [0.1, 0.15) is 0 Å². The first kappa shape index (κ1) is 25.0. The molecule has 46 heavy (non-hydrogen) atoms. The average molecular weight is 589 g/mol. The van der Waals surface area contributed by atoms with Gasteiger partial charge in [-0.3, -0.25) is 14.5 Å². The van der Waals surface area contributed by atoms with Gasteiger partial charge in [0, 0.05) is 68.1 Å². The SMILES string of the molecule is c1cncc(-c2cc(-c3ccncc3)cc(-n3c4ccccc4c4c5c6ccc7ccccc7c6oc5c5ccccc5c43)n2)c1. The molecule has 0 N–H and O–H groups in total. The van der Waals surface area contributed by atoms with Crippen molar-refractivity contribution in [3.05, 3.63) is 146 Å². The summed E-state index contributed by atoms with van der Waals surface area (Å²) in [6.07, 6.45) is 7.32. The zero-order valence-electron chi connectivity index (χ0n) is 24.6. The van der Waals surface area contributed by atoms with E-state index >= 15 is 0 Å². The molecule has 5 heterocycles. The van der Waals surface area contributed by atoms with Gasteiger partial charge in [-0.15, -0.1) is 0 Å². The van der Waals surface area contributed by atoms with E-state index in [1.54, 1.807) is 6.20 Å². The molecule has 0 saturated carbocycles. The van der Waals surface area contributed by atoms with Gasteiger partial charge in [-0.2, -0.15) is 0 Å². The van der Waals surface area contributed by atoms with Gasteiger partial charge >= 0.3 is 0 Å². The van der Waals surface area contributed by atoms with E-state index in [0.717, 1.165) is 93.5 Å². The Hall–Kier alpha value is -6.33. The third-order valence-corrected chi connectivity index (χ3v) is 9.14. The Morgan fingerprint density at radius 3 is 2.13 bits per heavy atom. The van der Waals surface area contributed by atoms with Crippen LogP contribution < -0.4 is 0 Å². The van der Waals surface area contributed by atoms with Gasteiger partial charge in [0.2, 0.25) is 0 Å². The molecule has 10 rings (SSSR count). The van der Waals surface area contributed by atoms with E-state index in [0.29, 0.717) is 0 Å². The number of fused-ring (bicyclic) bond motifs is 12. The normalized spacial score (nSPS) is 11.9. The topological polar surface area (TPSA) is 56.7 Å². The van der Waals surface area contributed by atoms with Gasteiger partial charge in [-0.25, -0.2) is 4.98 Å². The lowest BCUT2D eigenvalue weighted by Gasteiger charge is -2.14. The van der Waals surface area contributed by atoms with E-state index in [9.17, 15) is 0 Å². The molecule has 5 aromatic heterocycles. The lowest BCUT2D eigenvalue weighted by atomic mass is 9.98. The fourth-order valence-electron chi connectivity index (χ4n) is 7.14. The maximum Gasteiger partial charge on any atom is 0.144 e. The molecule has 0 bridgehead atoms. The van der Waals surface area contributed by atoms with Crippen molar-refractivity contribution in [3.8, 4) is 28.2 Å². The van der Waals surface area contributed by atoms with Crippen molar-refractivity contribution in [2.24, 2.45) is 0 Å². The molecule has 5 heteroatoms. The first-order valence-corrected chi connectivity index (χ1v) is 15.3. The summed E-state index contributed by atoms with van der Waals surface area (Å²) < 4.78 is 9.20. The maximum absolute atomic E-state index is 6.87. The number of aromatic nitrogens is 4. The number of pyridine rings is 3. The Kier molecular flexibility index (Phi) is 5.22. The van der Waals surface area contributed by atoms with Crippen LogP contribution in [0.15, 0.2) is 151 Å². The van der Waals surface area contributed by atoms with Crippen LogP contribution in [0.2, 0.25) is 0 Å². The first-order chi connectivity index (χ1) is 22.8. The Bertz CT molecular complexity index is 2740. The van der Waals surface area contributed by atoms with E-state index in [1.807, 2.05) is 36.8 Å². The van der Waals surface area contributed by atoms with Crippen molar-refractivity contribution in [2.45, 2.75) is 0 Å². The quantitative estimate of drug-likeness (QED) is 0.206. The molecule has 0 aliphatic rings.